The summed E-state index contributed by atoms with van der Waals surface area (Å²) in [6, 6.07) is 9.24. The highest BCUT2D eigenvalue weighted by Crippen LogP contribution is 2.33. The van der Waals surface area contributed by atoms with Crippen LogP contribution in [-0.2, 0) is 0 Å². The minimum atomic E-state index is 0.574. The van der Waals surface area contributed by atoms with E-state index in [1.165, 1.54) is 29.7 Å². The van der Waals surface area contributed by atoms with Crippen LogP contribution < -0.4 is 4.90 Å². The average molecular weight is 201 g/mol. The number of nitrogens with zero attached hydrogens (tertiary/aromatic N) is 1. The van der Waals surface area contributed by atoms with Crippen LogP contribution >= 0.6 is 0 Å². The molecular weight excluding hydrogens is 182 g/mol. The molecule has 0 N–H and O–H groups in total. The summed E-state index contributed by atoms with van der Waals surface area (Å²) in [6.07, 6.45) is 4.87. The zero-order chi connectivity index (χ0) is 10.8. The van der Waals surface area contributed by atoms with E-state index in [9.17, 15) is 0 Å². The number of fused-ring (bicyclic) bond motifs is 1. The van der Waals surface area contributed by atoms with Gasteiger partial charge in [0.05, 0.1) is 0 Å². The van der Waals surface area contributed by atoms with Crippen LogP contribution in [0.3, 0.4) is 0 Å². The van der Waals surface area contributed by atoms with Crippen LogP contribution in [0, 0.1) is 0 Å². The molecular formula is C14H19N. The summed E-state index contributed by atoms with van der Waals surface area (Å²) < 4.78 is 0. The second-order valence-corrected chi connectivity index (χ2v) is 4.33. The molecule has 0 radical (unpaired) electrons. The van der Waals surface area contributed by atoms with Crippen LogP contribution in [0.5, 0.6) is 0 Å². The highest BCUT2D eigenvalue weighted by molar-refractivity contribution is 5.79. The van der Waals surface area contributed by atoms with Gasteiger partial charge in [0.15, 0.2) is 0 Å². The molecule has 1 heterocycles. The molecule has 0 aromatic heterocycles. The Morgan fingerprint density at radius 2 is 2.00 bits per heavy atom. The summed E-state index contributed by atoms with van der Waals surface area (Å²) in [4.78, 5) is 2.39. The molecule has 15 heavy (non-hydrogen) atoms. The Labute approximate surface area is 92.4 Å². The lowest BCUT2D eigenvalue weighted by atomic mass is 9.95. The van der Waals surface area contributed by atoms with E-state index in [2.05, 4.69) is 56.1 Å². The van der Waals surface area contributed by atoms with Crippen molar-refractivity contribution >= 4 is 11.3 Å². The molecule has 1 aliphatic heterocycles. The van der Waals surface area contributed by atoms with Crippen molar-refractivity contribution in [2.75, 3.05) is 11.9 Å². The molecule has 1 aliphatic rings. The van der Waals surface area contributed by atoms with Gasteiger partial charge in [-0.15, -0.1) is 0 Å². The predicted octanol–water partition coefficient (Wildman–Crippen LogP) is 3.71. The summed E-state index contributed by atoms with van der Waals surface area (Å²) in [5.41, 5.74) is 4.17. The molecule has 0 amide bonds. The van der Waals surface area contributed by atoms with Gasteiger partial charge < -0.3 is 4.90 Å². The molecule has 1 aromatic carbocycles. The van der Waals surface area contributed by atoms with Gasteiger partial charge in [-0.3, -0.25) is 0 Å². The van der Waals surface area contributed by atoms with Gasteiger partial charge in [-0.05, 0) is 25.0 Å². The summed E-state index contributed by atoms with van der Waals surface area (Å²) in [7, 11) is 2.20. The Balaban J connectivity index is 2.40. The second-order valence-electron chi connectivity index (χ2n) is 4.33. The van der Waals surface area contributed by atoms with Gasteiger partial charge in [0.1, 0.15) is 0 Å². The smallest absolute Gasteiger partial charge is 0.0475 e. The Morgan fingerprint density at radius 1 is 1.27 bits per heavy atom. The molecule has 0 saturated carbocycles. The molecule has 1 aromatic rings. The largest absolute Gasteiger partial charge is 0.368 e. The fourth-order valence-corrected chi connectivity index (χ4v) is 2.36. The lowest BCUT2D eigenvalue weighted by Crippen LogP contribution is -2.32. The summed E-state index contributed by atoms with van der Waals surface area (Å²) >= 11 is 0. The highest BCUT2D eigenvalue weighted by atomic mass is 15.1. The van der Waals surface area contributed by atoms with Crippen molar-refractivity contribution in [3.05, 3.63) is 35.9 Å². The van der Waals surface area contributed by atoms with Gasteiger partial charge in [-0.2, -0.15) is 0 Å². The van der Waals surface area contributed by atoms with Crippen LogP contribution in [-0.4, -0.2) is 13.1 Å². The van der Waals surface area contributed by atoms with Crippen molar-refractivity contribution in [1.29, 1.82) is 0 Å². The lowest BCUT2D eigenvalue weighted by molar-refractivity contribution is 0.660. The third-order valence-electron chi connectivity index (χ3n) is 3.23. The van der Waals surface area contributed by atoms with Gasteiger partial charge in [0, 0.05) is 24.3 Å². The zero-order valence-electron chi connectivity index (χ0n) is 9.83. The highest BCUT2D eigenvalue weighted by Gasteiger charge is 2.20. The molecule has 1 atom stereocenters. The van der Waals surface area contributed by atoms with Crippen molar-refractivity contribution in [2.24, 2.45) is 0 Å². The van der Waals surface area contributed by atoms with E-state index in [0.717, 1.165) is 0 Å². The van der Waals surface area contributed by atoms with Crippen molar-refractivity contribution < 1.29 is 0 Å². The first-order valence-corrected chi connectivity index (χ1v) is 5.74. The Hall–Kier alpha value is -1.24. The fraction of sp³-hybridized carbons (Fsp3) is 0.429. The van der Waals surface area contributed by atoms with Gasteiger partial charge in [-0.25, -0.2) is 0 Å². The van der Waals surface area contributed by atoms with E-state index in [4.69, 9.17) is 0 Å². The molecule has 1 nitrogen and oxygen atoms in total. The predicted molar refractivity (Wildman–Crippen MR) is 67.2 cm³/mol. The number of hydrogen-bond donors (Lipinski definition) is 0. The third kappa shape index (κ3) is 1.79. The quantitative estimate of drug-likeness (QED) is 0.705. The molecule has 0 fully saturated rings. The Morgan fingerprint density at radius 3 is 2.73 bits per heavy atom. The molecule has 0 spiro atoms. The SMILES string of the molecule is CCCC1C=C(C)c2ccccc2N1C. The molecule has 0 aliphatic carbocycles. The number of allylic oxidation sites excluding steroid dienone is 1. The monoisotopic (exact) mass is 201 g/mol. The van der Waals surface area contributed by atoms with Crippen molar-refractivity contribution in [3.63, 3.8) is 0 Å². The molecule has 1 unspecified atom stereocenters. The number of hydrogen-bond acceptors (Lipinski definition) is 1. The van der Waals surface area contributed by atoms with Crippen LogP contribution in [0.1, 0.15) is 32.3 Å². The van der Waals surface area contributed by atoms with E-state index < -0.39 is 0 Å². The fourth-order valence-electron chi connectivity index (χ4n) is 2.36. The van der Waals surface area contributed by atoms with Crippen LogP contribution in [0.25, 0.3) is 5.57 Å². The van der Waals surface area contributed by atoms with Crippen LogP contribution in [0.2, 0.25) is 0 Å². The minimum absolute atomic E-state index is 0.574. The standard InChI is InChI=1S/C14H19N/c1-4-7-12-10-11(2)13-8-5-6-9-14(13)15(12)3/h5-6,8-10,12H,4,7H2,1-3H3. The number of rotatable bonds is 2. The normalized spacial score (nSPS) is 19.8. The maximum atomic E-state index is 2.39. The molecule has 2 rings (SSSR count). The maximum Gasteiger partial charge on any atom is 0.0475 e. The van der Waals surface area contributed by atoms with Crippen molar-refractivity contribution in [3.8, 4) is 0 Å². The molecule has 0 bridgehead atoms. The van der Waals surface area contributed by atoms with Gasteiger partial charge in [-0.1, -0.05) is 37.6 Å². The summed E-state index contributed by atoms with van der Waals surface area (Å²) in [5.74, 6) is 0. The van der Waals surface area contributed by atoms with E-state index >= 15 is 0 Å². The lowest BCUT2D eigenvalue weighted by Gasteiger charge is -2.34. The van der Waals surface area contributed by atoms with E-state index in [-0.39, 0.29) is 0 Å². The zero-order valence-corrected chi connectivity index (χ0v) is 9.83. The van der Waals surface area contributed by atoms with Gasteiger partial charge in [0.2, 0.25) is 0 Å². The number of benzene rings is 1. The van der Waals surface area contributed by atoms with E-state index in [1.54, 1.807) is 0 Å². The second kappa shape index (κ2) is 4.09. The van der Waals surface area contributed by atoms with Crippen molar-refractivity contribution in [1.82, 2.24) is 0 Å². The maximum absolute atomic E-state index is 2.39. The average Bonchev–Trinajstić information content (AvgIpc) is 2.26. The first kappa shape index (κ1) is 10.3. The Bertz CT molecular complexity index is 379. The van der Waals surface area contributed by atoms with E-state index in [1.807, 2.05) is 0 Å². The molecule has 1 heteroatoms. The first-order chi connectivity index (χ1) is 7.24. The van der Waals surface area contributed by atoms with Gasteiger partial charge >= 0.3 is 0 Å². The van der Waals surface area contributed by atoms with Crippen LogP contribution in [0.4, 0.5) is 5.69 Å². The van der Waals surface area contributed by atoms with Gasteiger partial charge in [0.25, 0.3) is 0 Å². The number of likely N-dealkylation sites (N-methyl/N-ethyl adjacent to an activating group) is 1. The minimum Gasteiger partial charge on any atom is -0.368 e. The number of anilines is 1. The number of para-hydroxylation sites is 1. The van der Waals surface area contributed by atoms with Crippen LogP contribution in [0.15, 0.2) is 30.3 Å². The molecule has 80 valence electrons. The third-order valence-corrected chi connectivity index (χ3v) is 3.23. The summed E-state index contributed by atoms with van der Waals surface area (Å²) in [5, 5.41) is 0. The topological polar surface area (TPSA) is 3.24 Å². The first-order valence-electron chi connectivity index (χ1n) is 5.74. The van der Waals surface area contributed by atoms with Crippen molar-refractivity contribution in [2.45, 2.75) is 32.7 Å². The summed E-state index contributed by atoms with van der Waals surface area (Å²) in [6.45, 7) is 4.46. The molecule has 0 saturated heterocycles. The van der Waals surface area contributed by atoms with E-state index in [0.29, 0.717) is 6.04 Å². The Kier molecular flexibility index (Phi) is 2.81.